The van der Waals surface area contributed by atoms with Gasteiger partial charge in [-0.3, -0.25) is 4.79 Å². The zero-order chi connectivity index (χ0) is 13.9. The van der Waals surface area contributed by atoms with Crippen LogP contribution >= 0.6 is 11.6 Å². The number of benzene rings is 1. The van der Waals surface area contributed by atoms with E-state index < -0.39 is 11.7 Å². The molecule has 0 aliphatic rings. The lowest BCUT2D eigenvalue weighted by Gasteiger charge is -2.17. The Balaban J connectivity index is 2.98. The van der Waals surface area contributed by atoms with E-state index in [1.807, 2.05) is 0 Å². The Morgan fingerprint density at radius 1 is 1.39 bits per heavy atom. The molecule has 0 aliphatic heterocycles. The number of para-hydroxylation sites is 1. The molecule has 0 fully saturated rings. The summed E-state index contributed by atoms with van der Waals surface area (Å²) in [6.45, 7) is -0.250. The van der Waals surface area contributed by atoms with Crippen molar-refractivity contribution >= 4 is 23.2 Å². The van der Waals surface area contributed by atoms with Crippen LogP contribution in [0.25, 0.3) is 0 Å². The highest BCUT2D eigenvalue weighted by atomic mass is 35.5. The Morgan fingerprint density at radius 3 is 2.50 bits per heavy atom. The average Bonchev–Trinajstić information content (AvgIpc) is 2.25. The number of alkyl halides is 3. The minimum absolute atomic E-state index is 0.0728. The van der Waals surface area contributed by atoms with Gasteiger partial charge in [-0.25, -0.2) is 0 Å². The van der Waals surface area contributed by atoms with Crippen molar-refractivity contribution in [3.8, 4) is 0 Å². The summed E-state index contributed by atoms with van der Waals surface area (Å²) in [5.74, 6) is -0.344. The molecule has 0 heterocycles. The third kappa shape index (κ3) is 3.53. The van der Waals surface area contributed by atoms with Crippen LogP contribution in [0.3, 0.4) is 0 Å². The Kier molecular flexibility index (Phi) is 4.45. The van der Waals surface area contributed by atoms with E-state index in [1.54, 1.807) is 0 Å². The van der Waals surface area contributed by atoms with Gasteiger partial charge < -0.3 is 10.2 Å². The van der Waals surface area contributed by atoms with Crippen molar-refractivity contribution in [2.45, 2.75) is 6.18 Å². The zero-order valence-electron chi connectivity index (χ0n) is 9.81. The van der Waals surface area contributed by atoms with Crippen LogP contribution in [0.1, 0.15) is 5.56 Å². The molecule has 0 bridgehead atoms. The van der Waals surface area contributed by atoms with E-state index in [-0.39, 0.29) is 23.2 Å². The first kappa shape index (κ1) is 14.6. The lowest BCUT2D eigenvalue weighted by molar-refractivity contribution is -0.137. The SMILES string of the molecule is CN(C)C(=O)CNc1c(Cl)cccc1C(F)(F)F. The van der Waals surface area contributed by atoms with E-state index >= 15 is 0 Å². The molecule has 0 aromatic heterocycles. The molecule has 1 aromatic rings. The minimum Gasteiger partial charge on any atom is -0.374 e. The fraction of sp³-hybridized carbons (Fsp3) is 0.364. The van der Waals surface area contributed by atoms with E-state index in [0.29, 0.717) is 0 Å². The molecule has 0 radical (unpaired) electrons. The Morgan fingerprint density at radius 2 is 2.00 bits per heavy atom. The molecule has 18 heavy (non-hydrogen) atoms. The van der Waals surface area contributed by atoms with Crippen molar-refractivity contribution in [1.82, 2.24) is 4.90 Å². The second-order valence-corrected chi connectivity index (χ2v) is 4.21. The van der Waals surface area contributed by atoms with Crippen LogP contribution < -0.4 is 5.32 Å². The molecular formula is C11H12ClF3N2O. The van der Waals surface area contributed by atoms with Crippen LogP contribution in [-0.2, 0) is 11.0 Å². The number of amides is 1. The van der Waals surface area contributed by atoms with E-state index in [0.717, 1.165) is 6.07 Å². The van der Waals surface area contributed by atoms with Gasteiger partial charge in [-0.1, -0.05) is 17.7 Å². The standard InChI is InChI=1S/C11H12ClF3N2O/c1-17(2)9(18)6-16-10-7(11(13,14)15)4-3-5-8(10)12/h3-5,16H,6H2,1-2H3. The lowest BCUT2D eigenvalue weighted by Crippen LogP contribution is -2.29. The number of nitrogens with zero attached hydrogens (tertiary/aromatic N) is 1. The molecule has 1 N–H and O–H groups in total. The first-order valence-corrected chi connectivity index (χ1v) is 5.41. The highest BCUT2D eigenvalue weighted by Crippen LogP contribution is 2.38. The number of halogens is 4. The summed E-state index contributed by atoms with van der Waals surface area (Å²) in [6, 6.07) is 3.46. The largest absolute Gasteiger partial charge is 0.418 e. The van der Waals surface area contributed by atoms with E-state index in [1.165, 1.54) is 31.1 Å². The molecule has 0 aliphatic carbocycles. The van der Waals surface area contributed by atoms with Gasteiger partial charge in [-0.05, 0) is 12.1 Å². The van der Waals surface area contributed by atoms with Crippen molar-refractivity contribution in [3.05, 3.63) is 28.8 Å². The molecule has 0 atom stereocenters. The maximum Gasteiger partial charge on any atom is 0.418 e. The van der Waals surface area contributed by atoms with Gasteiger partial charge in [0.25, 0.3) is 0 Å². The number of rotatable bonds is 3. The van der Waals surface area contributed by atoms with Gasteiger partial charge in [0.2, 0.25) is 5.91 Å². The second kappa shape index (κ2) is 5.48. The Hall–Kier alpha value is -1.43. The number of likely N-dealkylation sites (N-methyl/N-ethyl adjacent to an activating group) is 1. The van der Waals surface area contributed by atoms with Crippen molar-refractivity contribution in [2.75, 3.05) is 26.0 Å². The van der Waals surface area contributed by atoms with Crippen molar-refractivity contribution in [2.24, 2.45) is 0 Å². The molecule has 100 valence electrons. The van der Waals surface area contributed by atoms with Gasteiger partial charge in [0.05, 0.1) is 22.8 Å². The smallest absolute Gasteiger partial charge is 0.374 e. The summed E-state index contributed by atoms with van der Waals surface area (Å²) >= 11 is 5.71. The highest BCUT2D eigenvalue weighted by molar-refractivity contribution is 6.33. The van der Waals surface area contributed by atoms with Crippen LogP contribution in [0.4, 0.5) is 18.9 Å². The molecule has 1 rings (SSSR count). The summed E-state index contributed by atoms with van der Waals surface area (Å²) in [7, 11) is 3.03. The van der Waals surface area contributed by atoms with Gasteiger partial charge in [-0.15, -0.1) is 0 Å². The molecule has 0 saturated carbocycles. The highest BCUT2D eigenvalue weighted by Gasteiger charge is 2.34. The summed E-state index contributed by atoms with van der Waals surface area (Å²) in [5.41, 5.74) is -1.16. The first-order chi connectivity index (χ1) is 8.23. The molecule has 0 spiro atoms. The van der Waals surface area contributed by atoms with Crippen LogP contribution in [0.2, 0.25) is 5.02 Å². The zero-order valence-corrected chi connectivity index (χ0v) is 10.6. The van der Waals surface area contributed by atoms with E-state index in [4.69, 9.17) is 11.6 Å². The fourth-order valence-electron chi connectivity index (χ4n) is 1.26. The third-order valence-corrected chi connectivity index (χ3v) is 2.55. The molecule has 7 heteroatoms. The number of hydrogen-bond donors (Lipinski definition) is 1. The predicted octanol–water partition coefficient (Wildman–Crippen LogP) is 2.86. The second-order valence-electron chi connectivity index (χ2n) is 3.80. The molecule has 1 aromatic carbocycles. The number of anilines is 1. The van der Waals surface area contributed by atoms with Crippen LogP contribution in [0.5, 0.6) is 0 Å². The minimum atomic E-state index is -4.52. The van der Waals surface area contributed by atoms with Gasteiger partial charge in [0, 0.05) is 14.1 Å². The summed E-state index contributed by atoms with van der Waals surface area (Å²) in [6.07, 6.45) is -4.52. The van der Waals surface area contributed by atoms with Gasteiger partial charge in [0.1, 0.15) is 0 Å². The Bertz CT molecular complexity index is 446. The van der Waals surface area contributed by atoms with E-state index in [2.05, 4.69) is 5.32 Å². The first-order valence-electron chi connectivity index (χ1n) is 5.03. The average molecular weight is 281 g/mol. The number of hydrogen-bond acceptors (Lipinski definition) is 2. The topological polar surface area (TPSA) is 32.3 Å². The Labute approximate surface area is 108 Å². The number of carbonyl (C=O) groups excluding carboxylic acids is 1. The van der Waals surface area contributed by atoms with Gasteiger partial charge in [0.15, 0.2) is 0 Å². The van der Waals surface area contributed by atoms with Gasteiger partial charge in [-0.2, -0.15) is 13.2 Å². The van der Waals surface area contributed by atoms with Gasteiger partial charge >= 0.3 is 6.18 Å². The molecule has 3 nitrogen and oxygen atoms in total. The summed E-state index contributed by atoms with van der Waals surface area (Å²) in [4.78, 5) is 12.6. The van der Waals surface area contributed by atoms with Crippen LogP contribution in [-0.4, -0.2) is 31.4 Å². The maximum atomic E-state index is 12.7. The normalized spacial score (nSPS) is 11.2. The van der Waals surface area contributed by atoms with Crippen LogP contribution in [0.15, 0.2) is 18.2 Å². The van der Waals surface area contributed by atoms with Crippen molar-refractivity contribution in [1.29, 1.82) is 0 Å². The molecule has 0 saturated heterocycles. The molecule has 0 unspecified atom stereocenters. The van der Waals surface area contributed by atoms with Crippen molar-refractivity contribution in [3.63, 3.8) is 0 Å². The van der Waals surface area contributed by atoms with Crippen LogP contribution in [0, 0.1) is 0 Å². The summed E-state index contributed by atoms with van der Waals surface area (Å²) in [5, 5.41) is 2.35. The summed E-state index contributed by atoms with van der Waals surface area (Å²) < 4.78 is 38.2. The third-order valence-electron chi connectivity index (χ3n) is 2.23. The predicted molar refractivity (Wildman–Crippen MR) is 63.6 cm³/mol. The number of carbonyl (C=O) groups is 1. The molecular weight excluding hydrogens is 269 g/mol. The quantitative estimate of drug-likeness (QED) is 0.923. The maximum absolute atomic E-state index is 12.7. The fourth-order valence-corrected chi connectivity index (χ4v) is 1.50. The monoisotopic (exact) mass is 280 g/mol. The van der Waals surface area contributed by atoms with Crippen molar-refractivity contribution < 1.29 is 18.0 Å². The lowest BCUT2D eigenvalue weighted by atomic mass is 10.1. The molecule has 1 amide bonds. The van der Waals surface area contributed by atoms with E-state index in [9.17, 15) is 18.0 Å². The number of nitrogens with one attached hydrogen (secondary N) is 1.